The lowest BCUT2D eigenvalue weighted by molar-refractivity contribution is 0.107. The van der Waals surface area contributed by atoms with Gasteiger partial charge in [-0.15, -0.1) is 0 Å². The molecular weight excluding hydrogens is 500 g/mol. The zero-order valence-electron chi connectivity index (χ0n) is 21.2. The second-order valence-corrected chi connectivity index (χ2v) is 10.5. The van der Waals surface area contributed by atoms with Crippen LogP contribution in [0.3, 0.4) is 0 Å². The number of hydrogen-bond acceptors (Lipinski definition) is 7. The molecule has 1 N–H and O–H groups in total. The summed E-state index contributed by atoms with van der Waals surface area (Å²) in [7, 11) is -4.37. The van der Waals surface area contributed by atoms with E-state index in [0.29, 0.717) is 17.7 Å². The fourth-order valence-corrected chi connectivity index (χ4v) is 5.34. The maximum Gasteiger partial charge on any atom is 0.301 e. The summed E-state index contributed by atoms with van der Waals surface area (Å²) >= 11 is 0. The van der Waals surface area contributed by atoms with Gasteiger partial charge in [-0.25, -0.2) is 19.9 Å². The molecule has 3 heterocycles. The van der Waals surface area contributed by atoms with Gasteiger partial charge in [0.25, 0.3) is 5.12 Å². The van der Waals surface area contributed by atoms with Gasteiger partial charge in [-0.1, -0.05) is 61.5 Å². The van der Waals surface area contributed by atoms with Gasteiger partial charge < -0.3 is 4.57 Å². The van der Waals surface area contributed by atoms with Crippen molar-refractivity contribution in [1.29, 1.82) is 0 Å². The minimum atomic E-state index is -4.37. The number of benzene rings is 2. The maximum atomic E-state index is 12.8. The Kier molecular flexibility index (Phi) is 6.73. The standard InChI is InChI=1S/C28H26N6O3S/c1-4-24-32-25-18(2)14-19(3)31-27(25)34(24)16-20-10-12-21(13-11-20)23-15-29-17-30-26(23)33-38(36,37)28(35)22-8-6-5-7-9-22/h5-15,17H,4,16H2,1-3H3,(H,29,30,33). The summed E-state index contributed by atoms with van der Waals surface area (Å²) in [6, 6.07) is 17.5. The lowest BCUT2D eigenvalue weighted by atomic mass is 10.1. The zero-order chi connectivity index (χ0) is 26.9. The molecule has 0 saturated heterocycles. The molecule has 0 aliphatic heterocycles. The first-order valence-electron chi connectivity index (χ1n) is 12.1. The highest BCUT2D eigenvalue weighted by molar-refractivity contribution is 8.07. The Hall–Kier alpha value is -4.44. The Labute approximate surface area is 220 Å². The van der Waals surface area contributed by atoms with Gasteiger partial charge in [0.2, 0.25) is 0 Å². The molecule has 38 heavy (non-hydrogen) atoms. The van der Waals surface area contributed by atoms with Gasteiger partial charge in [0.05, 0.1) is 6.54 Å². The molecule has 0 aliphatic rings. The van der Waals surface area contributed by atoms with Gasteiger partial charge in [0, 0.05) is 29.4 Å². The van der Waals surface area contributed by atoms with E-state index in [-0.39, 0.29) is 11.4 Å². The van der Waals surface area contributed by atoms with Gasteiger partial charge in [0.1, 0.15) is 17.7 Å². The van der Waals surface area contributed by atoms with Crippen LogP contribution in [0.5, 0.6) is 0 Å². The molecule has 0 amide bonds. The highest BCUT2D eigenvalue weighted by atomic mass is 32.2. The van der Waals surface area contributed by atoms with Crippen molar-refractivity contribution in [2.45, 2.75) is 33.7 Å². The summed E-state index contributed by atoms with van der Waals surface area (Å²) in [5.74, 6) is 0.988. The van der Waals surface area contributed by atoms with E-state index in [0.717, 1.165) is 40.2 Å². The van der Waals surface area contributed by atoms with Crippen molar-refractivity contribution in [2.24, 2.45) is 0 Å². The van der Waals surface area contributed by atoms with Crippen LogP contribution in [0.1, 0.15) is 39.9 Å². The van der Waals surface area contributed by atoms with Crippen LogP contribution in [-0.4, -0.2) is 38.0 Å². The van der Waals surface area contributed by atoms with Gasteiger partial charge in [-0.2, -0.15) is 8.42 Å². The average Bonchev–Trinajstić information content (AvgIpc) is 3.27. The normalized spacial score (nSPS) is 11.6. The Balaban J connectivity index is 1.43. The molecule has 0 aliphatic carbocycles. The van der Waals surface area contributed by atoms with E-state index in [1.54, 1.807) is 18.2 Å². The highest BCUT2D eigenvalue weighted by Gasteiger charge is 2.25. The number of imidazole rings is 1. The number of sulfonamides is 1. The van der Waals surface area contributed by atoms with E-state index in [4.69, 9.17) is 9.97 Å². The molecule has 0 unspecified atom stereocenters. The first kappa shape index (κ1) is 25.2. The number of carbonyl (C=O) groups is 1. The van der Waals surface area contributed by atoms with E-state index >= 15 is 0 Å². The Bertz CT molecular complexity index is 1750. The summed E-state index contributed by atoms with van der Waals surface area (Å²) in [6.45, 7) is 6.69. The number of fused-ring (bicyclic) bond motifs is 1. The number of hydrogen-bond donors (Lipinski definition) is 1. The maximum absolute atomic E-state index is 12.8. The van der Waals surface area contributed by atoms with Crippen LogP contribution in [0.2, 0.25) is 0 Å². The van der Waals surface area contributed by atoms with E-state index in [9.17, 15) is 13.2 Å². The highest BCUT2D eigenvalue weighted by Crippen LogP contribution is 2.28. The van der Waals surface area contributed by atoms with Crippen molar-refractivity contribution in [3.8, 4) is 11.1 Å². The summed E-state index contributed by atoms with van der Waals surface area (Å²) in [5, 5.41) is -1.03. The molecule has 0 fully saturated rings. The van der Waals surface area contributed by atoms with Gasteiger partial charge in [-0.05, 0) is 36.6 Å². The molecular formula is C28H26N6O3S. The number of aromatic nitrogens is 5. The average molecular weight is 527 g/mol. The van der Waals surface area contributed by atoms with Gasteiger partial charge in [0.15, 0.2) is 11.5 Å². The summed E-state index contributed by atoms with van der Waals surface area (Å²) < 4.78 is 30.1. The van der Waals surface area contributed by atoms with Crippen molar-refractivity contribution < 1.29 is 13.2 Å². The van der Waals surface area contributed by atoms with Crippen LogP contribution in [0, 0.1) is 13.8 Å². The molecule has 3 aromatic heterocycles. The third-order valence-electron chi connectivity index (χ3n) is 6.22. The SMILES string of the molecule is CCc1nc2c(C)cc(C)nc2n1Cc1ccc(-c2cncnc2NS(=O)(=O)C(=O)c2ccccc2)cc1. The lowest BCUT2D eigenvalue weighted by Gasteiger charge is -2.12. The summed E-state index contributed by atoms with van der Waals surface area (Å²) in [6.07, 6.45) is 3.52. The summed E-state index contributed by atoms with van der Waals surface area (Å²) in [5.41, 5.74) is 6.07. The van der Waals surface area contributed by atoms with Crippen LogP contribution in [0.4, 0.5) is 5.82 Å². The first-order valence-corrected chi connectivity index (χ1v) is 13.6. The lowest BCUT2D eigenvalue weighted by Crippen LogP contribution is -2.24. The molecule has 0 spiro atoms. The predicted octanol–water partition coefficient (Wildman–Crippen LogP) is 4.70. The topological polar surface area (TPSA) is 120 Å². The second-order valence-electron chi connectivity index (χ2n) is 8.96. The number of aryl methyl sites for hydroxylation is 3. The monoisotopic (exact) mass is 526 g/mol. The van der Waals surface area contributed by atoms with Crippen molar-refractivity contribution in [2.75, 3.05) is 4.72 Å². The summed E-state index contributed by atoms with van der Waals surface area (Å²) in [4.78, 5) is 30.3. The van der Waals surface area contributed by atoms with Crippen LogP contribution in [0.15, 0.2) is 73.2 Å². The number of carbonyl (C=O) groups excluding carboxylic acids is 1. The molecule has 192 valence electrons. The minimum Gasteiger partial charge on any atom is -0.308 e. The number of rotatable bonds is 7. The van der Waals surface area contributed by atoms with E-state index in [1.165, 1.54) is 24.7 Å². The molecule has 9 nitrogen and oxygen atoms in total. The van der Waals surface area contributed by atoms with E-state index in [1.807, 2.05) is 44.2 Å². The smallest absolute Gasteiger partial charge is 0.301 e. The molecule has 5 rings (SSSR count). The van der Waals surface area contributed by atoms with E-state index < -0.39 is 15.1 Å². The van der Waals surface area contributed by atoms with Crippen LogP contribution in [-0.2, 0) is 23.0 Å². The van der Waals surface area contributed by atoms with Crippen molar-refractivity contribution >= 4 is 32.1 Å². The largest absolute Gasteiger partial charge is 0.308 e. The minimum absolute atomic E-state index is 0.0288. The van der Waals surface area contributed by atoms with Crippen molar-refractivity contribution in [3.63, 3.8) is 0 Å². The predicted molar refractivity (Wildman–Crippen MR) is 146 cm³/mol. The van der Waals surface area contributed by atoms with Crippen molar-refractivity contribution in [3.05, 3.63) is 101 Å². The van der Waals surface area contributed by atoms with Crippen LogP contribution in [0.25, 0.3) is 22.3 Å². The van der Waals surface area contributed by atoms with Gasteiger partial charge >= 0.3 is 10.0 Å². The van der Waals surface area contributed by atoms with Crippen LogP contribution >= 0.6 is 0 Å². The Morgan fingerprint density at radius 3 is 2.45 bits per heavy atom. The van der Waals surface area contributed by atoms with Crippen molar-refractivity contribution in [1.82, 2.24) is 24.5 Å². The molecule has 5 aromatic rings. The number of nitrogens with one attached hydrogen (secondary N) is 1. The molecule has 0 bridgehead atoms. The molecule has 0 atom stereocenters. The third-order valence-corrected chi connectivity index (χ3v) is 7.41. The number of anilines is 1. The first-order chi connectivity index (χ1) is 18.3. The molecule has 0 saturated carbocycles. The fraction of sp³-hybridized carbons (Fsp3) is 0.179. The second kappa shape index (κ2) is 10.1. The zero-order valence-corrected chi connectivity index (χ0v) is 22.0. The van der Waals surface area contributed by atoms with Crippen LogP contribution < -0.4 is 4.72 Å². The molecule has 0 radical (unpaired) electrons. The molecule has 10 heteroatoms. The fourth-order valence-electron chi connectivity index (χ4n) is 4.38. The van der Waals surface area contributed by atoms with Gasteiger partial charge in [-0.3, -0.25) is 9.52 Å². The Morgan fingerprint density at radius 2 is 1.74 bits per heavy atom. The quantitative estimate of drug-likeness (QED) is 0.326. The van der Waals surface area contributed by atoms with E-state index in [2.05, 4.69) is 26.2 Å². The third kappa shape index (κ3) is 4.90. The number of nitrogens with zero attached hydrogens (tertiary/aromatic N) is 5. The molecule has 2 aromatic carbocycles. The number of pyridine rings is 1. The Morgan fingerprint density at radius 1 is 1.00 bits per heavy atom.